The van der Waals surface area contributed by atoms with E-state index >= 15 is 0 Å². The van der Waals surface area contributed by atoms with E-state index in [4.69, 9.17) is 3.97 Å². The largest absolute Gasteiger partial charge is 0.302 e. The van der Waals surface area contributed by atoms with Gasteiger partial charge in [0, 0.05) is 12.3 Å². The zero-order valence-electron chi connectivity index (χ0n) is 18.1. The van der Waals surface area contributed by atoms with E-state index in [1.807, 2.05) is 0 Å². The number of unbranched alkanes of at least 4 members (excludes halogenated alkanes) is 2. The van der Waals surface area contributed by atoms with Crippen LogP contribution in [0.3, 0.4) is 0 Å². The van der Waals surface area contributed by atoms with Gasteiger partial charge in [0.1, 0.15) is 0 Å². The maximum atomic E-state index is 13.9. The summed E-state index contributed by atoms with van der Waals surface area (Å²) >= 11 is 0. The van der Waals surface area contributed by atoms with Crippen molar-refractivity contribution in [1.82, 2.24) is 0 Å². The van der Waals surface area contributed by atoms with E-state index in [1.165, 1.54) is 12.1 Å². The second-order valence-electron chi connectivity index (χ2n) is 7.85. The topological polar surface area (TPSA) is 60.4 Å². The van der Waals surface area contributed by atoms with Crippen LogP contribution >= 0.6 is 7.37 Å². The number of benzene rings is 1. The minimum Gasteiger partial charge on any atom is -0.292 e. The van der Waals surface area contributed by atoms with Crippen LogP contribution in [0.25, 0.3) is 0 Å². The third kappa shape index (κ3) is 8.80. The molecule has 0 amide bonds. The first-order valence-corrected chi connectivity index (χ1v) is 14.3. The number of hydrogen-bond donors (Lipinski definition) is 0. The second kappa shape index (κ2) is 12.8. The summed E-state index contributed by atoms with van der Waals surface area (Å²) in [4.78, 5) is 0.0819. The first-order chi connectivity index (χ1) is 13.3. The summed E-state index contributed by atoms with van der Waals surface area (Å²) in [7, 11) is -7.35. The van der Waals surface area contributed by atoms with E-state index in [0.29, 0.717) is 12.3 Å². The van der Waals surface area contributed by atoms with E-state index in [2.05, 4.69) is 27.7 Å². The zero-order valence-corrected chi connectivity index (χ0v) is 19.8. The lowest BCUT2D eigenvalue weighted by Gasteiger charge is -2.26. The van der Waals surface area contributed by atoms with Crippen LogP contribution in [0, 0.1) is 11.8 Å². The van der Waals surface area contributed by atoms with Crippen molar-refractivity contribution in [2.24, 2.45) is 11.8 Å². The van der Waals surface area contributed by atoms with E-state index < -0.39 is 17.5 Å². The molecule has 1 aromatic rings. The summed E-state index contributed by atoms with van der Waals surface area (Å²) < 4.78 is 45.1. The quantitative estimate of drug-likeness (QED) is 0.278. The van der Waals surface area contributed by atoms with Crippen LogP contribution in [0.1, 0.15) is 79.1 Å². The molecule has 0 radical (unpaired) electrons. The molecule has 0 aliphatic rings. The molecule has 0 saturated heterocycles. The van der Waals surface area contributed by atoms with Crippen molar-refractivity contribution in [3.8, 4) is 0 Å². The Bertz CT molecular complexity index is 666. The average molecular weight is 431 g/mol. The number of hydrogen-bond acceptors (Lipinski definition) is 4. The summed E-state index contributed by atoms with van der Waals surface area (Å²) in [6, 6.07) is 8.08. The van der Waals surface area contributed by atoms with Gasteiger partial charge in [0.25, 0.3) is 0 Å². The maximum absolute atomic E-state index is 13.9. The summed E-state index contributed by atoms with van der Waals surface area (Å²) in [5, 5.41) is 0. The fraction of sp³-hybridized carbons (Fsp3) is 0.727. The van der Waals surface area contributed by atoms with E-state index in [0.717, 1.165) is 51.4 Å². The van der Waals surface area contributed by atoms with E-state index in [9.17, 15) is 13.0 Å². The van der Waals surface area contributed by atoms with Crippen LogP contribution in [0.5, 0.6) is 0 Å². The standard InChI is InChI=1S/C22H39O4PS/c1-5-9-14-20(7-3)18-27(23,19-21(8-4)15-10-6-2)26-28(24,25)22-16-12-11-13-17-22/h11-13,16-17,20-21H,5-10,14-15,18-19H2,1-4H3. The molecule has 0 fully saturated rings. The molecule has 28 heavy (non-hydrogen) atoms. The van der Waals surface area contributed by atoms with Crippen LogP contribution in [-0.4, -0.2) is 20.7 Å². The highest BCUT2D eigenvalue weighted by molar-refractivity contribution is 7.91. The van der Waals surface area contributed by atoms with Crippen molar-refractivity contribution in [3.05, 3.63) is 30.3 Å². The molecule has 2 unspecified atom stereocenters. The lowest BCUT2D eigenvalue weighted by atomic mass is 10.0. The summed E-state index contributed by atoms with van der Waals surface area (Å²) in [5.41, 5.74) is 0. The third-order valence-electron chi connectivity index (χ3n) is 5.43. The molecule has 0 saturated carbocycles. The Kier molecular flexibility index (Phi) is 11.6. The molecule has 162 valence electrons. The molecule has 0 spiro atoms. The molecular formula is C22H39O4PS. The van der Waals surface area contributed by atoms with Gasteiger partial charge in [-0.1, -0.05) is 84.4 Å². The van der Waals surface area contributed by atoms with Gasteiger partial charge in [-0.2, -0.15) is 8.42 Å². The van der Waals surface area contributed by atoms with Crippen LogP contribution in [0.4, 0.5) is 0 Å². The highest BCUT2D eigenvalue weighted by Gasteiger charge is 2.35. The van der Waals surface area contributed by atoms with Crippen molar-refractivity contribution in [2.45, 2.75) is 84.0 Å². The van der Waals surface area contributed by atoms with E-state index in [-0.39, 0.29) is 16.7 Å². The van der Waals surface area contributed by atoms with Gasteiger partial charge in [0.2, 0.25) is 7.37 Å². The van der Waals surface area contributed by atoms with Gasteiger partial charge >= 0.3 is 10.1 Å². The Balaban J connectivity index is 3.09. The molecule has 0 heterocycles. The molecule has 0 aromatic heterocycles. The third-order valence-corrected chi connectivity index (χ3v) is 10.3. The zero-order chi connectivity index (χ0) is 21.0. The molecule has 0 N–H and O–H groups in total. The van der Waals surface area contributed by atoms with Crippen molar-refractivity contribution in [1.29, 1.82) is 0 Å². The molecule has 6 heteroatoms. The van der Waals surface area contributed by atoms with Crippen molar-refractivity contribution in [3.63, 3.8) is 0 Å². The van der Waals surface area contributed by atoms with Crippen molar-refractivity contribution in [2.75, 3.05) is 12.3 Å². The van der Waals surface area contributed by atoms with Gasteiger partial charge in [-0.25, -0.2) is 3.97 Å². The molecule has 0 aliphatic heterocycles. The van der Waals surface area contributed by atoms with Crippen molar-refractivity contribution >= 4 is 17.5 Å². The molecule has 1 aromatic carbocycles. The summed E-state index contributed by atoms with van der Waals surface area (Å²) in [6.07, 6.45) is 8.74. The monoisotopic (exact) mass is 430 g/mol. The second-order valence-corrected chi connectivity index (χ2v) is 12.2. The molecule has 1 rings (SSSR count). The smallest absolute Gasteiger partial charge is 0.292 e. The molecule has 0 bridgehead atoms. The minimum absolute atomic E-state index is 0.0819. The number of rotatable bonds is 15. The first-order valence-electron chi connectivity index (χ1n) is 10.9. The molecule has 0 aliphatic carbocycles. The summed E-state index contributed by atoms with van der Waals surface area (Å²) in [6.45, 7) is 8.45. The van der Waals surface area contributed by atoms with Gasteiger partial charge in [-0.05, 0) is 36.8 Å². The molecule has 4 nitrogen and oxygen atoms in total. The van der Waals surface area contributed by atoms with Crippen LogP contribution in [0.15, 0.2) is 35.2 Å². The predicted octanol–water partition coefficient (Wildman–Crippen LogP) is 7.10. The van der Waals surface area contributed by atoms with E-state index in [1.54, 1.807) is 18.2 Å². The highest BCUT2D eigenvalue weighted by Crippen LogP contribution is 2.54. The Morgan fingerprint density at radius 2 is 1.32 bits per heavy atom. The van der Waals surface area contributed by atoms with Gasteiger partial charge < -0.3 is 0 Å². The van der Waals surface area contributed by atoms with Crippen LogP contribution in [0.2, 0.25) is 0 Å². The minimum atomic E-state index is -4.03. The predicted molar refractivity (Wildman–Crippen MR) is 119 cm³/mol. The lowest BCUT2D eigenvalue weighted by Crippen LogP contribution is -2.17. The van der Waals surface area contributed by atoms with Crippen LogP contribution < -0.4 is 0 Å². The Labute approximate surface area is 173 Å². The van der Waals surface area contributed by atoms with Crippen molar-refractivity contribution < 1.29 is 17.0 Å². The summed E-state index contributed by atoms with van der Waals surface area (Å²) in [5.74, 6) is 0.473. The van der Waals surface area contributed by atoms with Gasteiger partial charge in [-0.15, -0.1) is 0 Å². The first kappa shape index (κ1) is 25.4. The Hall–Kier alpha value is -0.640. The Morgan fingerprint density at radius 3 is 1.71 bits per heavy atom. The van der Waals surface area contributed by atoms with Crippen LogP contribution in [-0.2, 0) is 18.7 Å². The van der Waals surface area contributed by atoms with Gasteiger partial charge in [0.15, 0.2) is 0 Å². The SMILES string of the molecule is CCCCC(CC)CP(=O)(CC(CC)CCCC)OS(=O)(=O)c1ccccc1. The maximum Gasteiger partial charge on any atom is 0.302 e. The average Bonchev–Trinajstić information content (AvgIpc) is 2.68. The van der Waals surface area contributed by atoms with Gasteiger partial charge in [-0.3, -0.25) is 4.57 Å². The molecular weight excluding hydrogens is 391 g/mol. The Morgan fingerprint density at radius 1 is 0.857 bits per heavy atom. The molecule has 2 atom stereocenters. The normalized spacial score (nSPS) is 16.4. The highest BCUT2D eigenvalue weighted by atomic mass is 32.2. The fourth-order valence-corrected chi connectivity index (χ4v) is 8.92. The van der Waals surface area contributed by atoms with Gasteiger partial charge in [0.05, 0.1) is 4.90 Å². The lowest BCUT2D eigenvalue weighted by molar-refractivity contribution is 0.413. The fourth-order valence-electron chi connectivity index (χ4n) is 3.57.